The van der Waals surface area contributed by atoms with E-state index in [0.717, 1.165) is 22.6 Å². The third-order valence-corrected chi connectivity index (χ3v) is 6.08. The third-order valence-electron chi connectivity index (χ3n) is 4.12. The van der Waals surface area contributed by atoms with Gasteiger partial charge in [0.2, 0.25) is 0 Å². The number of rotatable bonds is 3. The second-order valence-electron chi connectivity index (χ2n) is 5.99. The van der Waals surface area contributed by atoms with Gasteiger partial charge >= 0.3 is 0 Å². The average Bonchev–Trinajstić information content (AvgIpc) is 2.64. The van der Waals surface area contributed by atoms with E-state index in [1.165, 1.54) is 9.79 Å². The molecule has 0 aliphatic carbocycles. The van der Waals surface area contributed by atoms with Crippen LogP contribution in [0.4, 0.5) is 17.1 Å². The van der Waals surface area contributed by atoms with Crippen LogP contribution in [0.15, 0.2) is 69.5 Å². The van der Waals surface area contributed by atoms with E-state index >= 15 is 0 Å². The molecule has 0 bridgehead atoms. The molecule has 0 unspecified atom stereocenters. The molecule has 0 saturated heterocycles. The number of nitrogens with one attached hydrogen (secondary N) is 2. The van der Waals surface area contributed by atoms with E-state index < -0.39 is 0 Å². The molecule has 0 amide bonds. The van der Waals surface area contributed by atoms with E-state index in [1.807, 2.05) is 25.1 Å². The smallest absolute Gasteiger partial charge is 0.0935 e. The van der Waals surface area contributed by atoms with Gasteiger partial charge in [0.05, 0.1) is 32.8 Å². The molecule has 1 aliphatic rings. The fraction of sp³-hybridized carbons (Fsp3) is 0.0500. The lowest BCUT2D eigenvalue weighted by Crippen LogP contribution is -2.04. The van der Waals surface area contributed by atoms with Gasteiger partial charge in [0.25, 0.3) is 0 Å². The Labute approximate surface area is 176 Å². The molecule has 0 radical (unpaired) electrons. The summed E-state index contributed by atoms with van der Waals surface area (Å²) < 4.78 is 0. The van der Waals surface area contributed by atoms with Crippen LogP contribution in [0.1, 0.15) is 12.5 Å². The minimum atomic E-state index is 0.421. The van der Waals surface area contributed by atoms with Gasteiger partial charge in [-0.2, -0.15) is 5.10 Å². The van der Waals surface area contributed by atoms with Crippen LogP contribution in [-0.4, -0.2) is 5.71 Å². The highest BCUT2D eigenvalue weighted by Crippen LogP contribution is 2.44. The Morgan fingerprint density at radius 2 is 1.63 bits per heavy atom. The van der Waals surface area contributed by atoms with E-state index in [-0.39, 0.29) is 0 Å². The number of hydrogen-bond donors (Lipinski definition) is 2. The molecule has 1 aliphatic heterocycles. The Hall–Kier alpha value is -1.85. The van der Waals surface area contributed by atoms with Gasteiger partial charge in [-0.15, -0.1) is 0 Å². The SMILES string of the molecule is C/C(=N\Nc1c(Cl)cc(Cl)cc1Cl)c1ccc2c(c1)Nc1ccccc1S2. The normalized spacial score (nSPS) is 12.8. The number of fused-ring (bicyclic) bond motifs is 2. The van der Waals surface area contributed by atoms with Crippen molar-refractivity contribution in [3.8, 4) is 0 Å². The number of hydrogen-bond acceptors (Lipinski definition) is 4. The van der Waals surface area contributed by atoms with Gasteiger partial charge in [-0.25, -0.2) is 0 Å². The first-order chi connectivity index (χ1) is 13.0. The summed E-state index contributed by atoms with van der Waals surface area (Å²) >= 11 is 20.1. The van der Waals surface area contributed by atoms with Crippen molar-refractivity contribution < 1.29 is 0 Å². The molecule has 3 aromatic carbocycles. The lowest BCUT2D eigenvalue weighted by atomic mass is 10.1. The predicted octanol–water partition coefficient (Wildman–Crippen LogP) is 7.69. The van der Waals surface area contributed by atoms with Crippen molar-refractivity contribution in [3.05, 3.63) is 75.2 Å². The molecular weight excluding hydrogens is 421 g/mol. The van der Waals surface area contributed by atoms with Crippen molar-refractivity contribution in [1.29, 1.82) is 0 Å². The van der Waals surface area contributed by atoms with E-state index in [4.69, 9.17) is 34.8 Å². The maximum atomic E-state index is 6.19. The quantitative estimate of drug-likeness (QED) is 0.256. The van der Waals surface area contributed by atoms with Gasteiger partial charge in [0, 0.05) is 14.8 Å². The number of halogens is 3. The lowest BCUT2D eigenvalue weighted by Gasteiger charge is -2.21. The lowest BCUT2D eigenvalue weighted by molar-refractivity contribution is 1.29. The largest absolute Gasteiger partial charge is 0.354 e. The van der Waals surface area contributed by atoms with Gasteiger partial charge in [-0.3, -0.25) is 5.43 Å². The van der Waals surface area contributed by atoms with Crippen molar-refractivity contribution >= 4 is 69.3 Å². The fourth-order valence-corrected chi connectivity index (χ4v) is 4.59. The molecule has 0 fully saturated rings. The molecule has 1 heterocycles. The Kier molecular flexibility index (Phi) is 5.24. The summed E-state index contributed by atoms with van der Waals surface area (Å²) in [5.41, 5.74) is 7.45. The second kappa shape index (κ2) is 7.64. The monoisotopic (exact) mass is 433 g/mol. The van der Waals surface area contributed by atoms with Crippen LogP contribution >= 0.6 is 46.6 Å². The Morgan fingerprint density at radius 3 is 2.41 bits per heavy atom. The zero-order chi connectivity index (χ0) is 19.0. The summed E-state index contributed by atoms with van der Waals surface area (Å²) in [5, 5.41) is 9.23. The second-order valence-corrected chi connectivity index (χ2v) is 8.32. The summed E-state index contributed by atoms with van der Waals surface area (Å²) in [6.07, 6.45) is 0. The highest BCUT2D eigenvalue weighted by Gasteiger charge is 2.16. The molecule has 136 valence electrons. The number of benzene rings is 3. The Balaban J connectivity index is 1.59. The van der Waals surface area contributed by atoms with E-state index in [0.29, 0.717) is 20.8 Å². The van der Waals surface area contributed by atoms with Crippen LogP contribution < -0.4 is 10.7 Å². The van der Waals surface area contributed by atoms with Crippen LogP contribution in [0, 0.1) is 0 Å². The van der Waals surface area contributed by atoms with Crippen molar-refractivity contribution in [2.75, 3.05) is 10.7 Å². The van der Waals surface area contributed by atoms with Crippen LogP contribution in [-0.2, 0) is 0 Å². The maximum absolute atomic E-state index is 6.19. The Morgan fingerprint density at radius 1 is 0.926 bits per heavy atom. The van der Waals surface area contributed by atoms with E-state index in [1.54, 1.807) is 23.9 Å². The molecule has 27 heavy (non-hydrogen) atoms. The van der Waals surface area contributed by atoms with Crippen molar-refractivity contribution in [1.82, 2.24) is 0 Å². The molecule has 0 saturated carbocycles. The van der Waals surface area contributed by atoms with Crippen LogP contribution in [0.5, 0.6) is 0 Å². The molecule has 0 spiro atoms. The minimum Gasteiger partial charge on any atom is -0.354 e. The zero-order valence-corrected chi connectivity index (χ0v) is 17.3. The van der Waals surface area contributed by atoms with Gasteiger partial charge < -0.3 is 5.32 Å². The van der Waals surface area contributed by atoms with Gasteiger partial charge in [-0.1, -0.05) is 64.8 Å². The Bertz CT molecular complexity index is 1040. The first kappa shape index (κ1) is 18.5. The standard InChI is InChI=1S/C20H14Cl3N3S/c1-11(25-26-20-14(22)9-13(21)10-15(20)23)12-6-7-19-17(8-12)24-16-4-2-3-5-18(16)27-19/h2-10,24,26H,1H3/b25-11+. The molecule has 2 N–H and O–H groups in total. The highest BCUT2D eigenvalue weighted by atomic mass is 35.5. The zero-order valence-electron chi connectivity index (χ0n) is 14.2. The third kappa shape index (κ3) is 3.90. The minimum absolute atomic E-state index is 0.421. The molecule has 0 aromatic heterocycles. The molecule has 3 nitrogen and oxygen atoms in total. The van der Waals surface area contributed by atoms with Crippen LogP contribution in [0.2, 0.25) is 15.1 Å². The van der Waals surface area contributed by atoms with E-state index in [9.17, 15) is 0 Å². The molecule has 3 aromatic rings. The summed E-state index contributed by atoms with van der Waals surface area (Å²) in [4.78, 5) is 2.40. The van der Waals surface area contributed by atoms with Gasteiger partial charge in [-0.05, 0) is 48.9 Å². The maximum Gasteiger partial charge on any atom is 0.0935 e. The number of nitrogens with zero attached hydrogens (tertiary/aromatic N) is 1. The van der Waals surface area contributed by atoms with Gasteiger partial charge in [0.15, 0.2) is 0 Å². The van der Waals surface area contributed by atoms with Crippen LogP contribution in [0.3, 0.4) is 0 Å². The number of hydrazone groups is 1. The first-order valence-corrected chi connectivity index (χ1v) is 10.1. The van der Waals surface area contributed by atoms with Crippen molar-refractivity contribution in [2.24, 2.45) is 5.10 Å². The summed E-state index contributed by atoms with van der Waals surface area (Å²) in [6, 6.07) is 17.7. The van der Waals surface area contributed by atoms with Crippen LogP contribution in [0.25, 0.3) is 0 Å². The first-order valence-electron chi connectivity index (χ1n) is 8.14. The number of para-hydroxylation sites is 1. The summed E-state index contributed by atoms with van der Waals surface area (Å²) in [7, 11) is 0. The number of anilines is 3. The highest BCUT2D eigenvalue weighted by molar-refractivity contribution is 7.99. The fourth-order valence-electron chi connectivity index (χ4n) is 2.72. The topological polar surface area (TPSA) is 36.4 Å². The molecule has 4 rings (SSSR count). The van der Waals surface area contributed by atoms with Crippen molar-refractivity contribution in [2.45, 2.75) is 16.7 Å². The van der Waals surface area contributed by atoms with Crippen molar-refractivity contribution in [3.63, 3.8) is 0 Å². The summed E-state index contributed by atoms with van der Waals surface area (Å²) in [6.45, 7) is 1.93. The molecular formula is C20H14Cl3N3S. The molecule has 7 heteroatoms. The average molecular weight is 435 g/mol. The van der Waals surface area contributed by atoms with Gasteiger partial charge in [0.1, 0.15) is 0 Å². The summed E-state index contributed by atoms with van der Waals surface area (Å²) in [5.74, 6) is 0. The molecule has 0 atom stereocenters. The predicted molar refractivity (Wildman–Crippen MR) is 118 cm³/mol. The van der Waals surface area contributed by atoms with E-state index in [2.05, 4.69) is 40.1 Å².